The third kappa shape index (κ3) is 5.59. The van der Waals surface area contributed by atoms with Gasteiger partial charge in [0, 0.05) is 50.6 Å². The van der Waals surface area contributed by atoms with Crippen molar-refractivity contribution in [3.63, 3.8) is 0 Å². The summed E-state index contributed by atoms with van der Waals surface area (Å²) in [4.78, 5) is 20.4. The predicted octanol–water partition coefficient (Wildman–Crippen LogP) is 3.10. The Bertz CT molecular complexity index is 1500. The van der Waals surface area contributed by atoms with E-state index < -0.39 is 17.8 Å². The largest absolute Gasteiger partial charge is 0.497 e. The minimum absolute atomic E-state index is 0.289. The van der Waals surface area contributed by atoms with Gasteiger partial charge >= 0.3 is 6.18 Å². The highest BCUT2D eigenvalue weighted by Crippen LogP contribution is 2.33. The first-order valence-corrected chi connectivity index (χ1v) is 12.4. The molecule has 1 aliphatic rings. The smallest absolute Gasteiger partial charge is 0.416 e. The van der Waals surface area contributed by atoms with Gasteiger partial charge < -0.3 is 19.4 Å². The maximum absolute atomic E-state index is 13.4. The van der Waals surface area contributed by atoms with Crippen LogP contribution in [0.25, 0.3) is 10.9 Å². The number of nitrogens with zero attached hydrogens (tertiary/aromatic N) is 6. The number of anilines is 1. The summed E-state index contributed by atoms with van der Waals surface area (Å²) in [5, 5.41) is 13.1. The molecule has 5 rings (SSSR count). The number of pyridine rings is 1. The molecule has 1 aliphatic heterocycles. The van der Waals surface area contributed by atoms with E-state index in [1.165, 1.54) is 12.1 Å². The van der Waals surface area contributed by atoms with Gasteiger partial charge in [0.15, 0.2) is 5.82 Å². The molecule has 206 valence electrons. The highest BCUT2D eigenvalue weighted by molar-refractivity contribution is 5.80. The van der Waals surface area contributed by atoms with Gasteiger partial charge in [-0.25, -0.2) is 4.68 Å². The van der Waals surface area contributed by atoms with Gasteiger partial charge in [-0.1, -0.05) is 6.07 Å². The fourth-order valence-electron chi connectivity index (χ4n) is 4.89. The standard InChI is InChI=1S/C26H28F3N7O3/c1-38-13-12-36-24(31-32-33-36)23(21-14-17-6-7-20(39-2)16-22(17)30-25(21)37)35-10-8-34(9-11-35)19-5-3-4-18(15-19)26(27,28)29/h3-7,14-16,23H,8-13H2,1-2H3,(H,30,37)/t23-/m1/s1. The van der Waals surface area contributed by atoms with Crippen LogP contribution in [0.3, 0.4) is 0 Å². The van der Waals surface area contributed by atoms with Crippen molar-refractivity contribution in [2.75, 3.05) is 51.9 Å². The van der Waals surface area contributed by atoms with Crippen molar-refractivity contribution < 1.29 is 22.6 Å². The second-order valence-electron chi connectivity index (χ2n) is 9.23. The Morgan fingerprint density at radius 1 is 1.05 bits per heavy atom. The van der Waals surface area contributed by atoms with Gasteiger partial charge in [-0.3, -0.25) is 9.69 Å². The van der Waals surface area contributed by atoms with Crippen molar-refractivity contribution >= 4 is 16.6 Å². The zero-order valence-corrected chi connectivity index (χ0v) is 21.5. The van der Waals surface area contributed by atoms with Crippen LogP contribution >= 0.6 is 0 Å². The Hall–Kier alpha value is -3.97. The van der Waals surface area contributed by atoms with Crippen LogP contribution in [-0.4, -0.2) is 77.1 Å². The molecule has 0 saturated carbocycles. The molecule has 1 atom stereocenters. The van der Waals surface area contributed by atoms with Gasteiger partial charge in [0.25, 0.3) is 5.56 Å². The third-order valence-electron chi connectivity index (χ3n) is 6.91. The number of nitrogens with one attached hydrogen (secondary N) is 1. The molecule has 2 aromatic carbocycles. The summed E-state index contributed by atoms with van der Waals surface area (Å²) in [5.74, 6) is 1.11. The van der Waals surface area contributed by atoms with Crippen molar-refractivity contribution in [2.45, 2.75) is 18.8 Å². The number of benzene rings is 2. The number of H-pyrrole nitrogens is 1. The number of alkyl halides is 3. The zero-order valence-electron chi connectivity index (χ0n) is 21.5. The normalized spacial score (nSPS) is 15.6. The quantitative estimate of drug-likeness (QED) is 0.362. The van der Waals surface area contributed by atoms with Crippen LogP contribution in [-0.2, 0) is 17.5 Å². The Morgan fingerprint density at radius 3 is 2.56 bits per heavy atom. The minimum Gasteiger partial charge on any atom is -0.497 e. The van der Waals surface area contributed by atoms with E-state index in [-0.39, 0.29) is 5.56 Å². The molecule has 1 fully saturated rings. The molecule has 1 saturated heterocycles. The van der Waals surface area contributed by atoms with Crippen LogP contribution in [0.2, 0.25) is 0 Å². The van der Waals surface area contributed by atoms with E-state index in [0.717, 1.165) is 11.5 Å². The average Bonchev–Trinajstić information content (AvgIpc) is 3.40. The number of rotatable bonds is 8. The molecule has 0 amide bonds. The average molecular weight is 544 g/mol. The molecule has 0 unspecified atom stereocenters. The SMILES string of the molecule is COCCn1nnnc1[C@@H](c1cc2ccc(OC)cc2[nH]c1=O)N1CCN(c2cccc(C(F)(F)F)c2)CC1. The lowest BCUT2D eigenvalue weighted by atomic mass is 10.0. The van der Waals surface area contributed by atoms with Crippen molar-refractivity contribution in [3.8, 4) is 5.75 Å². The van der Waals surface area contributed by atoms with Crippen LogP contribution in [0.4, 0.5) is 18.9 Å². The molecule has 3 heterocycles. The molecule has 13 heteroatoms. The van der Waals surface area contributed by atoms with Crippen molar-refractivity contribution in [2.24, 2.45) is 0 Å². The van der Waals surface area contributed by atoms with Gasteiger partial charge in [0.05, 0.1) is 31.3 Å². The number of aromatic amines is 1. The van der Waals surface area contributed by atoms with E-state index in [4.69, 9.17) is 9.47 Å². The Labute approximate surface area is 221 Å². The maximum Gasteiger partial charge on any atom is 0.416 e. The van der Waals surface area contributed by atoms with E-state index in [1.807, 2.05) is 23.1 Å². The number of ether oxygens (including phenoxy) is 2. The molecule has 39 heavy (non-hydrogen) atoms. The summed E-state index contributed by atoms with van der Waals surface area (Å²) in [5.41, 5.74) is 0.631. The number of methoxy groups -OCH3 is 2. The van der Waals surface area contributed by atoms with E-state index in [0.29, 0.717) is 67.7 Å². The van der Waals surface area contributed by atoms with E-state index in [2.05, 4.69) is 25.4 Å². The summed E-state index contributed by atoms with van der Waals surface area (Å²) in [6.45, 7) is 2.63. The first-order valence-electron chi connectivity index (χ1n) is 12.4. The number of tetrazole rings is 1. The van der Waals surface area contributed by atoms with Crippen LogP contribution < -0.4 is 15.2 Å². The lowest BCUT2D eigenvalue weighted by Crippen LogP contribution is -2.49. The van der Waals surface area contributed by atoms with Gasteiger partial charge in [0.1, 0.15) is 11.8 Å². The van der Waals surface area contributed by atoms with E-state index in [1.54, 1.807) is 31.0 Å². The number of fused-ring (bicyclic) bond motifs is 1. The topological polar surface area (TPSA) is 101 Å². The second kappa shape index (κ2) is 11.0. The van der Waals surface area contributed by atoms with E-state index in [9.17, 15) is 18.0 Å². The van der Waals surface area contributed by atoms with Crippen LogP contribution in [0.15, 0.2) is 53.3 Å². The first-order chi connectivity index (χ1) is 18.8. The van der Waals surface area contributed by atoms with Gasteiger partial charge in [-0.2, -0.15) is 13.2 Å². The van der Waals surface area contributed by atoms with Crippen molar-refractivity contribution in [3.05, 3.63) is 75.8 Å². The molecule has 10 nitrogen and oxygen atoms in total. The summed E-state index contributed by atoms with van der Waals surface area (Å²) in [7, 11) is 3.14. The molecular weight excluding hydrogens is 515 g/mol. The lowest BCUT2D eigenvalue weighted by Gasteiger charge is -2.39. The van der Waals surface area contributed by atoms with Gasteiger partial charge in [-0.15, -0.1) is 5.10 Å². The fraction of sp³-hybridized carbons (Fsp3) is 0.385. The maximum atomic E-state index is 13.4. The van der Waals surface area contributed by atoms with Crippen LogP contribution in [0.5, 0.6) is 5.75 Å². The predicted molar refractivity (Wildman–Crippen MR) is 138 cm³/mol. The highest BCUT2D eigenvalue weighted by atomic mass is 19.4. The number of hydrogen-bond donors (Lipinski definition) is 1. The number of hydrogen-bond acceptors (Lipinski definition) is 8. The summed E-state index contributed by atoms with van der Waals surface area (Å²) < 4.78 is 51.9. The fourth-order valence-corrected chi connectivity index (χ4v) is 4.89. The molecule has 0 spiro atoms. The van der Waals surface area contributed by atoms with Crippen LogP contribution in [0, 0.1) is 0 Å². The zero-order chi connectivity index (χ0) is 27.6. The Balaban J connectivity index is 1.48. The highest BCUT2D eigenvalue weighted by Gasteiger charge is 2.34. The second-order valence-corrected chi connectivity index (χ2v) is 9.23. The minimum atomic E-state index is -4.41. The first kappa shape index (κ1) is 26.6. The summed E-state index contributed by atoms with van der Waals surface area (Å²) in [6, 6.07) is 12.0. The molecular formula is C26H28F3N7O3. The Kier molecular flexibility index (Phi) is 7.53. The van der Waals surface area contributed by atoms with Crippen LogP contribution in [0.1, 0.15) is 23.0 Å². The molecule has 0 aliphatic carbocycles. The monoisotopic (exact) mass is 543 g/mol. The lowest BCUT2D eigenvalue weighted by molar-refractivity contribution is -0.137. The Morgan fingerprint density at radius 2 is 1.85 bits per heavy atom. The van der Waals surface area contributed by atoms with Crippen molar-refractivity contribution in [1.82, 2.24) is 30.1 Å². The van der Waals surface area contributed by atoms with Gasteiger partial charge in [-0.05, 0) is 52.2 Å². The van der Waals surface area contributed by atoms with Gasteiger partial charge in [0.2, 0.25) is 0 Å². The molecule has 0 bridgehead atoms. The molecule has 2 aromatic heterocycles. The number of aromatic nitrogens is 5. The molecule has 4 aromatic rings. The number of halogens is 3. The van der Waals surface area contributed by atoms with Crippen molar-refractivity contribution in [1.29, 1.82) is 0 Å². The molecule has 1 N–H and O–H groups in total. The third-order valence-corrected chi connectivity index (χ3v) is 6.91. The summed E-state index contributed by atoms with van der Waals surface area (Å²) >= 11 is 0. The molecule has 0 radical (unpaired) electrons. The number of piperazine rings is 1. The summed E-state index contributed by atoms with van der Waals surface area (Å²) in [6.07, 6.45) is -4.41. The van der Waals surface area contributed by atoms with E-state index >= 15 is 0 Å².